The second-order valence-corrected chi connectivity index (χ2v) is 5.20. The van der Waals surface area contributed by atoms with Crippen LogP contribution in [0.2, 0.25) is 0 Å². The number of carbonyl (C=O) groups excluding carboxylic acids is 1. The van der Waals surface area contributed by atoms with Gasteiger partial charge >= 0.3 is 6.18 Å². The molecule has 0 heterocycles. The number of Topliss-reactive ketones (excluding diaryl/α,β-unsaturated/α-hetero) is 1. The minimum absolute atomic E-state index is 0.275. The molecule has 25 heavy (non-hydrogen) atoms. The molecular formula is C17H11F3N2O3. The van der Waals surface area contributed by atoms with E-state index in [0.29, 0.717) is 18.2 Å². The van der Waals surface area contributed by atoms with Gasteiger partial charge in [0, 0.05) is 23.6 Å². The highest BCUT2D eigenvalue weighted by Crippen LogP contribution is 2.36. The Morgan fingerprint density at radius 1 is 1.20 bits per heavy atom. The number of alkyl halides is 3. The molecule has 0 saturated heterocycles. The van der Waals surface area contributed by atoms with Gasteiger partial charge in [-0.05, 0) is 12.1 Å². The molecule has 0 aromatic heterocycles. The lowest BCUT2D eigenvalue weighted by Crippen LogP contribution is -2.11. The first-order valence-corrected chi connectivity index (χ1v) is 7.07. The zero-order valence-electron chi connectivity index (χ0n) is 12.7. The van der Waals surface area contributed by atoms with Crippen LogP contribution in [0.25, 0.3) is 0 Å². The van der Waals surface area contributed by atoms with Crippen LogP contribution in [-0.2, 0) is 6.18 Å². The number of nitriles is 1. The number of ketones is 1. The SMILES string of the molecule is N#CC(CC(=O)c1ccccc1)c1cc(C(F)(F)F)ccc1[N+](=O)[O-]. The molecule has 0 radical (unpaired) electrons. The lowest BCUT2D eigenvalue weighted by Gasteiger charge is -2.13. The molecule has 2 rings (SSSR count). The number of nitro groups is 1. The molecule has 128 valence electrons. The van der Waals surface area contributed by atoms with E-state index < -0.39 is 46.0 Å². The van der Waals surface area contributed by atoms with E-state index in [1.54, 1.807) is 24.3 Å². The van der Waals surface area contributed by atoms with Crippen LogP contribution in [0.15, 0.2) is 48.5 Å². The normalized spacial score (nSPS) is 12.2. The first-order chi connectivity index (χ1) is 11.7. The molecule has 1 atom stereocenters. The zero-order valence-corrected chi connectivity index (χ0v) is 12.7. The Morgan fingerprint density at radius 2 is 1.84 bits per heavy atom. The van der Waals surface area contributed by atoms with E-state index in [0.717, 1.165) is 0 Å². The number of nitrogens with zero attached hydrogens (tertiary/aromatic N) is 2. The van der Waals surface area contributed by atoms with Crippen molar-refractivity contribution in [3.8, 4) is 6.07 Å². The van der Waals surface area contributed by atoms with Gasteiger partial charge in [0.05, 0.1) is 22.5 Å². The maximum absolute atomic E-state index is 12.9. The minimum Gasteiger partial charge on any atom is -0.294 e. The number of carbonyl (C=O) groups is 1. The third kappa shape index (κ3) is 4.20. The molecule has 8 heteroatoms. The molecule has 0 spiro atoms. The third-order valence-corrected chi connectivity index (χ3v) is 3.57. The summed E-state index contributed by atoms with van der Waals surface area (Å²) in [5, 5.41) is 20.4. The predicted octanol–water partition coefficient (Wildman–Crippen LogP) is 4.49. The quantitative estimate of drug-likeness (QED) is 0.452. The smallest absolute Gasteiger partial charge is 0.294 e. The predicted molar refractivity (Wildman–Crippen MR) is 81.8 cm³/mol. The third-order valence-electron chi connectivity index (χ3n) is 3.57. The Bertz CT molecular complexity index is 842. The largest absolute Gasteiger partial charge is 0.416 e. The fraction of sp³-hybridized carbons (Fsp3) is 0.176. The number of hydrogen-bond acceptors (Lipinski definition) is 4. The molecule has 0 N–H and O–H groups in total. The van der Waals surface area contributed by atoms with Gasteiger partial charge < -0.3 is 0 Å². The maximum Gasteiger partial charge on any atom is 0.416 e. The Labute approximate surface area is 140 Å². The van der Waals surface area contributed by atoms with Gasteiger partial charge in [-0.2, -0.15) is 18.4 Å². The van der Waals surface area contributed by atoms with Crippen LogP contribution < -0.4 is 0 Å². The van der Waals surface area contributed by atoms with Crippen LogP contribution in [0.3, 0.4) is 0 Å². The van der Waals surface area contributed by atoms with Gasteiger partial charge in [-0.15, -0.1) is 0 Å². The molecule has 0 amide bonds. The monoisotopic (exact) mass is 348 g/mol. The number of hydrogen-bond donors (Lipinski definition) is 0. The van der Waals surface area contributed by atoms with Gasteiger partial charge in [-0.1, -0.05) is 30.3 Å². The van der Waals surface area contributed by atoms with Crippen LogP contribution in [0, 0.1) is 21.4 Å². The van der Waals surface area contributed by atoms with Crippen molar-refractivity contribution in [2.24, 2.45) is 0 Å². The van der Waals surface area contributed by atoms with Crippen molar-refractivity contribution in [3.63, 3.8) is 0 Å². The average Bonchev–Trinajstić information content (AvgIpc) is 2.58. The summed E-state index contributed by atoms with van der Waals surface area (Å²) in [6.45, 7) is 0. The summed E-state index contributed by atoms with van der Waals surface area (Å²) in [7, 11) is 0. The van der Waals surface area contributed by atoms with E-state index in [9.17, 15) is 33.3 Å². The summed E-state index contributed by atoms with van der Waals surface area (Å²) in [6.07, 6.45) is -5.17. The Morgan fingerprint density at radius 3 is 2.36 bits per heavy atom. The fourth-order valence-corrected chi connectivity index (χ4v) is 2.33. The van der Waals surface area contributed by atoms with Crippen molar-refractivity contribution in [2.45, 2.75) is 18.5 Å². The lowest BCUT2D eigenvalue weighted by molar-refractivity contribution is -0.385. The van der Waals surface area contributed by atoms with Crippen molar-refractivity contribution in [1.82, 2.24) is 0 Å². The van der Waals surface area contributed by atoms with Crippen molar-refractivity contribution >= 4 is 11.5 Å². The molecular weight excluding hydrogens is 337 g/mol. The minimum atomic E-state index is -4.71. The van der Waals surface area contributed by atoms with Crippen LogP contribution in [-0.4, -0.2) is 10.7 Å². The molecule has 0 bridgehead atoms. The standard InChI is InChI=1S/C17H11F3N2O3/c18-17(19,20)13-6-7-15(22(24)25)14(9-13)12(10-21)8-16(23)11-4-2-1-3-5-11/h1-7,9,12H,8H2. The lowest BCUT2D eigenvalue weighted by atomic mass is 9.90. The van der Waals surface area contributed by atoms with Crippen LogP contribution in [0.5, 0.6) is 0 Å². The van der Waals surface area contributed by atoms with E-state index in [1.807, 2.05) is 0 Å². The van der Waals surface area contributed by atoms with E-state index in [4.69, 9.17) is 0 Å². The molecule has 2 aromatic rings. The van der Waals surface area contributed by atoms with Gasteiger partial charge in [-0.3, -0.25) is 14.9 Å². The van der Waals surface area contributed by atoms with Crippen LogP contribution in [0.1, 0.15) is 33.8 Å². The summed E-state index contributed by atoms with van der Waals surface area (Å²) in [5.74, 6) is -1.85. The molecule has 1 unspecified atom stereocenters. The number of benzene rings is 2. The van der Waals surface area contributed by atoms with Crippen molar-refractivity contribution in [2.75, 3.05) is 0 Å². The molecule has 5 nitrogen and oxygen atoms in total. The fourth-order valence-electron chi connectivity index (χ4n) is 2.33. The van der Waals surface area contributed by atoms with Gasteiger partial charge in [0.2, 0.25) is 0 Å². The summed E-state index contributed by atoms with van der Waals surface area (Å²) in [4.78, 5) is 22.4. The number of rotatable bonds is 5. The van der Waals surface area contributed by atoms with Crippen LogP contribution >= 0.6 is 0 Å². The zero-order chi connectivity index (χ0) is 18.6. The van der Waals surface area contributed by atoms with Gasteiger partial charge in [0.1, 0.15) is 0 Å². The van der Waals surface area contributed by atoms with Gasteiger partial charge in [-0.25, -0.2) is 0 Å². The molecule has 0 fully saturated rings. The first kappa shape index (κ1) is 18.1. The van der Waals surface area contributed by atoms with Gasteiger partial charge in [0.25, 0.3) is 5.69 Å². The topological polar surface area (TPSA) is 84.0 Å². The molecule has 0 saturated carbocycles. The molecule has 0 aliphatic carbocycles. The summed E-state index contributed by atoms with van der Waals surface area (Å²) >= 11 is 0. The van der Waals surface area contributed by atoms with E-state index >= 15 is 0 Å². The van der Waals surface area contributed by atoms with Crippen molar-refractivity contribution < 1.29 is 22.9 Å². The Balaban J connectivity index is 2.43. The molecule has 0 aliphatic rings. The van der Waals surface area contributed by atoms with Crippen molar-refractivity contribution in [3.05, 3.63) is 75.3 Å². The molecule has 0 aliphatic heterocycles. The van der Waals surface area contributed by atoms with Crippen LogP contribution in [0.4, 0.5) is 18.9 Å². The number of nitro benzene ring substituents is 1. The van der Waals surface area contributed by atoms with Gasteiger partial charge in [0.15, 0.2) is 5.78 Å². The Hall–Kier alpha value is -3.21. The van der Waals surface area contributed by atoms with E-state index in [1.165, 1.54) is 12.1 Å². The van der Waals surface area contributed by atoms with E-state index in [-0.39, 0.29) is 5.56 Å². The number of halogens is 3. The summed E-state index contributed by atoms with van der Waals surface area (Å²) in [5.41, 5.74) is -1.88. The summed E-state index contributed by atoms with van der Waals surface area (Å²) < 4.78 is 38.6. The second kappa shape index (κ2) is 7.13. The maximum atomic E-state index is 12.9. The highest BCUT2D eigenvalue weighted by atomic mass is 19.4. The highest BCUT2D eigenvalue weighted by Gasteiger charge is 2.34. The summed E-state index contributed by atoms with van der Waals surface area (Å²) in [6, 6.07) is 11.4. The Kier molecular flexibility index (Phi) is 5.17. The highest BCUT2D eigenvalue weighted by molar-refractivity contribution is 5.96. The van der Waals surface area contributed by atoms with E-state index in [2.05, 4.69) is 0 Å². The average molecular weight is 348 g/mol. The first-order valence-electron chi connectivity index (χ1n) is 7.07. The molecule has 2 aromatic carbocycles. The van der Waals surface area contributed by atoms with Crippen molar-refractivity contribution in [1.29, 1.82) is 5.26 Å². The second-order valence-electron chi connectivity index (χ2n) is 5.20.